The molecule has 0 aromatic rings. The fourth-order valence-corrected chi connectivity index (χ4v) is 1.55. The van der Waals surface area contributed by atoms with Gasteiger partial charge in [-0.3, -0.25) is 0 Å². The third kappa shape index (κ3) is 8.97. The monoisotopic (exact) mass is 288 g/mol. The van der Waals surface area contributed by atoms with Crippen LogP contribution >= 0.6 is 0 Å². The van der Waals surface area contributed by atoms with Crippen LogP contribution in [0.25, 0.3) is 0 Å². The number of allylic oxidation sites excluding steroid dienone is 2. The van der Waals surface area contributed by atoms with Gasteiger partial charge in [0.25, 0.3) is 0 Å². The van der Waals surface area contributed by atoms with Crippen LogP contribution in [0.4, 0.5) is 22.0 Å². The standard InChI is InChI=1S/C13H21F5O/c14-12(15,13(16,17)18)10-8-6-4-2-1-3-5-7-9-11-19/h6,8,19H,1-5,7,9-11H2/b8-6+. The molecule has 0 aliphatic heterocycles. The van der Waals surface area contributed by atoms with Crippen molar-refractivity contribution in [2.75, 3.05) is 6.61 Å². The molecule has 0 spiro atoms. The summed E-state index contributed by atoms with van der Waals surface area (Å²) in [5.41, 5.74) is 0. The summed E-state index contributed by atoms with van der Waals surface area (Å²) in [6, 6.07) is 0. The Bertz CT molecular complexity index is 248. The summed E-state index contributed by atoms with van der Waals surface area (Å²) in [4.78, 5) is 0. The number of hydrogen-bond acceptors (Lipinski definition) is 1. The van der Waals surface area contributed by atoms with Crippen LogP contribution in [0.15, 0.2) is 12.2 Å². The first-order valence-electron chi connectivity index (χ1n) is 6.51. The van der Waals surface area contributed by atoms with E-state index >= 15 is 0 Å². The van der Waals surface area contributed by atoms with Crippen molar-refractivity contribution in [3.63, 3.8) is 0 Å². The molecule has 19 heavy (non-hydrogen) atoms. The van der Waals surface area contributed by atoms with Gasteiger partial charge in [-0.05, 0) is 19.3 Å². The summed E-state index contributed by atoms with van der Waals surface area (Å²) in [5.74, 6) is -4.63. The van der Waals surface area contributed by atoms with Crippen molar-refractivity contribution >= 4 is 0 Å². The summed E-state index contributed by atoms with van der Waals surface area (Å²) in [6.07, 6.45) is 1.51. The molecule has 0 bridgehead atoms. The molecule has 0 saturated carbocycles. The van der Waals surface area contributed by atoms with Gasteiger partial charge in [-0.1, -0.05) is 37.8 Å². The van der Waals surface area contributed by atoms with Crippen molar-refractivity contribution in [2.45, 2.75) is 63.5 Å². The van der Waals surface area contributed by atoms with Gasteiger partial charge in [-0.25, -0.2) is 0 Å². The molecule has 0 fully saturated rings. The molecule has 114 valence electrons. The lowest BCUT2D eigenvalue weighted by atomic mass is 10.1. The van der Waals surface area contributed by atoms with E-state index in [2.05, 4.69) is 0 Å². The Morgan fingerprint density at radius 2 is 1.26 bits per heavy atom. The van der Waals surface area contributed by atoms with Gasteiger partial charge < -0.3 is 5.11 Å². The van der Waals surface area contributed by atoms with Crippen LogP contribution in [0.3, 0.4) is 0 Å². The van der Waals surface area contributed by atoms with Crippen molar-refractivity contribution < 1.29 is 27.1 Å². The fraction of sp³-hybridized carbons (Fsp3) is 0.846. The number of aliphatic hydroxyl groups is 1. The van der Waals surface area contributed by atoms with Crippen LogP contribution in [0, 0.1) is 0 Å². The van der Waals surface area contributed by atoms with E-state index in [1.54, 1.807) is 0 Å². The summed E-state index contributed by atoms with van der Waals surface area (Å²) in [5, 5.41) is 8.54. The van der Waals surface area contributed by atoms with Crippen molar-refractivity contribution in [1.82, 2.24) is 0 Å². The van der Waals surface area contributed by atoms with E-state index in [9.17, 15) is 22.0 Å². The van der Waals surface area contributed by atoms with Gasteiger partial charge in [0.2, 0.25) is 0 Å². The third-order valence-corrected chi connectivity index (χ3v) is 2.73. The van der Waals surface area contributed by atoms with E-state index in [0.29, 0.717) is 6.42 Å². The Morgan fingerprint density at radius 3 is 1.79 bits per heavy atom. The predicted molar refractivity (Wildman–Crippen MR) is 64.2 cm³/mol. The molecule has 1 nitrogen and oxygen atoms in total. The molecule has 0 aliphatic carbocycles. The molecular weight excluding hydrogens is 267 g/mol. The molecular formula is C13H21F5O. The van der Waals surface area contributed by atoms with Gasteiger partial charge in [0, 0.05) is 13.0 Å². The second kappa shape index (κ2) is 9.28. The van der Waals surface area contributed by atoms with Crippen LogP contribution in [-0.4, -0.2) is 23.8 Å². The summed E-state index contributed by atoms with van der Waals surface area (Å²) >= 11 is 0. The molecule has 6 heteroatoms. The zero-order chi connectivity index (χ0) is 14.8. The molecule has 0 unspecified atom stereocenters. The van der Waals surface area contributed by atoms with Gasteiger partial charge in [0.15, 0.2) is 0 Å². The second-order valence-corrected chi connectivity index (χ2v) is 4.51. The van der Waals surface area contributed by atoms with Crippen LogP contribution < -0.4 is 0 Å². The Hall–Kier alpha value is -0.650. The Labute approximate surface area is 110 Å². The number of alkyl halides is 5. The van der Waals surface area contributed by atoms with E-state index in [0.717, 1.165) is 44.6 Å². The molecule has 0 radical (unpaired) electrons. The number of unbranched alkanes of at least 4 members (excludes halogenated alkanes) is 6. The van der Waals surface area contributed by atoms with Gasteiger partial charge in [0.1, 0.15) is 0 Å². The Morgan fingerprint density at radius 1 is 0.737 bits per heavy atom. The van der Waals surface area contributed by atoms with Gasteiger partial charge >= 0.3 is 12.1 Å². The molecule has 0 atom stereocenters. The third-order valence-electron chi connectivity index (χ3n) is 2.73. The number of halogens is 5. The van der Waals surface area contributed by atoms with Gasteiger partial charge in [0.05, 0.1) is 0 Å². The largest absolute Gasteiger partial charge is 0.453 e. The van der Waals surface area contributed by atoms with Crippen LogP contribution in [0.2, 0.25) is 0 Å². The lowest BCUT2D eigenvalue weighted by molar-refractivity contribution is -0.280. The number of hydrogen-bond donors (Lipinski definition) is 1. The fourth-order valence-electron chi connectivity index (χ4n) is 1.55. The highest BCUT2D eigenvalue weighted by molar-refractivity contribution is 4.90. The highest BCUT2D eigenvalue weighted by atomic mass is 19.4. The summed E-state index contributed by atoms with van der Waals surface area (Å²) < 4.78 is 60.4. The molecule has 0 heterocycles. The van der Waals surface area contributed by atoms with E-state index in [1.807, 2.05) is 0 Å². The van der Waals surface area contributed by atoms with Crippen LogP contribution in [0.5, 0.6) is 0 Å². The lowest BCUT2D eigenvalue weighted by Gasteiger charge is -2.17. The van der Waals surface area contributed by atoms with E-state index in [4.69, 9.17) is 5.11 Å². The first kappa shape index (κ1) is 18.4. The molecule has 1 N–H and O–H groups in total. The minimum absolute atomic E-state index is 0.191. The molecule has 0 rings (SSSR count). The quantitative estimate of drug-likeness (QED) is 0.346. The van der Waals surface area contributed by atoms with Crippen molar-refractivity contribution in [3.8, 4) is 0 Å². The van der Waals surface area contributed by atoms with Gasteiger partial charge in [-0.15, -0.1) is 0 Å². The molecule has 0 aliphatic rings. The lowest BCUT2D eigenvalue weighted by Crippen LogP contribution is -2.35. The van der Waals surface area contributed by atoms with E-state index in [1.165, 1.54) is 6.08 Å². The predicted octanol–water partition coefficient (Wildman–Crippen LogP) is 4.85. The van der Waals surface area contributed by atoms with Crippen LogP contribution in [-0.2, 0) is 0 Å². The average molecular weight is 288 g/mol. The zero-order valence-corrected chi connectivity index (χ0v) is 10.9. The first-order valence-corrected chi connectivity index (χ1v) is 6.51. The normalized spacial score (nSPS) is 13.4. The van der Waals surface area contributed by atoms with Crippen molar-refractivity contribution in [3.05, 3.63) is 12.2 Å². The second-order valence-electron chi connectivity index (χ2n) is 4.51. The highest BCUT2D eigenvalue weighted by Gasteiger charge is 2.56. The maximum absolute atomic E-state index is 12.5. The van der Waals surface area contributed by atoms with Crippen molar-refractivity contribution in [1.29, 1.82) is 0 Å². The Kier molecular flexibility index (Phi) is 8.97. The van der Waals surface area contributed by atoms with Gasteiger partial charge in [-0.2, -0.15) is 22.0 Å². The van der Waals surface area contributed by atoms with Crippen molar-refractivity contribution in [2.24, 2.45) is 0 Å². The molecule has 0 amide bonds. The van der Waals surface area contributed by atoms with Crippen LogP contribution in [0.1, 0.15) is 51.4 Å². The maximum Gasteiger partial charge on any atom is 0.453 e. The molecule has 0 saturated heterocycles. The summed E-state index contributed by atoms with van der Waals surface area (Å²) in [7, 11) is 0. The number of aliphatic hydroxyl groups excluding tert-OH is 1. The summed E-state index contributed by atoms with van der Waals surface area (Å²) in [6.45, 7) is 0.191. The van der Waals surface area contributed by atoms with E-state index in [-0.39, 0.29) is 6.61 Å². The smallest absolute Gasteiger partial charge is 0.396 e. The Balaban J connectivity index is 3.55. The van der Waals surface area contributed by atoms with E-state index < -0.39 is 18.5 Å². The average Bonchev–Trinajstić information content (AvgIpc) is 2.30. The SMILES string of the molecule is OCCCCCCCC/C=C/CC(F)(F)C(F)(F)F. The minimum atomic E-state index is -5.47. The minimum Gasteiger partial charge on any atom is -0.396 e. The highest BCUT2D eigenvalue weighted by Crippen LogP contribution is 2.38. The molecule has 0 aromatic carbocycles. The number of rotatable bonds is 10. The molecule has 0 aromatic heterocycles. The maximum atomic E-state index is 12.5. The first-order chi connectivity index (χ1) is 8.81. The topological polar surface area (TPSA) is 20.2 Å². The zero-order valence-electron chi connectivity index (χ0n) is 10.9.